The molecule has 2 aromatic rings. The van der Waals surface area contributed by atoms with Gasteiger partial charge in [-0.3, -0.25) is 19.3 Å². The number of aromatic nitrogens is 1. The summed E-state index contributed by atoms with van der Waals surface area (Å²) in [5.74, 6) is -1.94. The van der Waals surface area contributed by atoms with Crippen LogP contribution in [0.1, 0.15) is 49.0 Å². The van der Waals surface area contributed by atoms with E-state index in [1.165, 1.54) is 36.3 Å². The second-order valence-corrected chi connectivity index (χ2v) is 9.01. The van der Waals surface area contributed by atoms with Crippen LogP contribution < -0.4 is 5.32 Å². The second kappa shape index (κ2) is 8.78. The molecule has 1 aromatic heterocycles. The summed E-state index contributed by atoms with van der Waals surface area (Å²) in [5.41, 5.74) is -0.00471. The Kier molecular flexibility index (Phi) is 6.05. The molecule has 168 valence electrons. The van der Waals surface area contributed by atoms with E-state index in [9.17, 15) is 23.6 Å². The predicted octanol–water partition coefficient (Wildman–Crippen LogP) is 3.38. The van der Waals surface area contributed by atoms with Crippen LogP contribution in [0.15, 0.2) is 24.3 Å². The molecule has 4 rings (SSSR count). The van der Waals surface area contributed by atoms with Crippen molar-refractivity contribution in [2.45, 2.75) is 38.5 Å². The van der Waals surface area contributed by atoms with Crippen molar-refractivity contribution in [2.75, 3.05) is 19.0 Å². The molecular weight excluding hydrogens is 437 g/mol. The van der Waals surface area contributed by atoms with Crippen LogP contribution in [0.25, 0.3) is 10.4 Å². The Balaban J connectivity index is 1.44. The van der Waals surface area contributed by atoms with E-state index >= 15 is 0 Å². The number of esters is 1. The number of halogens is 1. The number of thiazole rings is 1. The van der Waals surface area contributed by atoms with Crippen LogP contribution in [0, 0.1) is 11.2 Å². The SMILES string of the molecule is COC(=O)c1nc(NC(=O)CCN2C(=O)CC3(CCCC3)C2=O)sc1-c1ccc(F)cc1. The molecule has 3 amide bonds. The topological polar surface area (TPSA) is 106 Å². The molecule has 1 spiro atoms. The van der Waals surface area contributed by atoms with Crippen molar-refractivity contribution >= 4 is 40.2 Å². The Hall–Kier alpha value is -3.14. The molecule has 0 unspecified atom stereocenters. The first-order valence-electron chi connectivity index (χ1n) is 10.3. The number of amides is 3. The third kappa shape index (κ3) is 4.14. The van der Waals surface area contributed by atoms with Crippen molar-refractivity contribution in [1.29, 1.82) is 0 Å². The molecule has 2 fully saturated rings. The van der Waals surface area contributed by atoms with Crippen LogP contribution in [0.3, 0.4) is 0 Å². The number of carbonyl (C=O) groups excluding carboxylic acids is 4. The van der Waals surface area contributed by atoms with Gasteiger partial charge in [0.25, 0.3) is 0 Å². The highest BCUT2D eigenvalue weighted by Crippen LogP contribution is 2.46. The van der Waals surface area contributed by atoms with E-state index in [0.29, 0.717) is 10.4 Å². The lowest BCUT2D eigenvalue weighted by atomic mass is 9.84. The molecule has 1 aromatic carbocycles. The number of anilines is 1. The van der Waals surface area contributed by atoms with E-state index in [2.05, 4.69) is 10.3 Å². The fraction of sp³-hybridized carbons (Fsp3) is 0.409. The first-order valence-corrected chi connectivity index (χ1v) is 11.1. The van der Waals surface area contributed by atoms with Gasteiger partial charge in [0.1, 0.15) is 5.82 Å². The minimum Gasteiger partial charge on any atom is -0.464 e. The lowest BCUT2D eigenvalue weighted by Gasteiger charge is -2.20. The molecule has 8 nitrogen and oxygen atoms in total. The van der Waals surface area contributed by atoms with Gasteiger partial charge >= 0.3 is 5.97 Å². The van der Waals surface area contributed by atoms with Crippen LogP contribution in [0.5, 0.6) is 0 Å². The number of nitrogens with zero attached hydrogens (tertiary/aromatic N) is 2. The maximum absolute atomic E-state index is 13.3. The van der Waals surface area contributed by atoms with Gasteiger partial charge in [-0.25, -0.2) is 14.2 Å². The van der Waals surface area contributed by atoms with Gasteiger partial charge in [0.2, 0.25) is 17.7 Å². The Morgan fingerprint density at radius 1 is 1.22 bits per heavy atom. The van der Waals surface area contributed by atoms with E-state index in [0.717, 1.165) is 37.0 Å². The molecular formula is C22H22FN3O5S. The summed E-state index contributed by atoms with van der Waals surface area (Å²) in [6, 6.07) is 5.53. The predicted molar refractivity (Wildman–Crippen MR) is 114 cm³/mol. The smallest absolute Gasteiger partial charge is 0.358 e. The summed E-state index contributed by atoms with van der Waals surface area (Å²) in [4.78, 5) is 55.5. The van der Waals surface area contributed by atoms with Gasteiger partial charge in [-0.2, -0.15) is 0 Å². The third-order valence-corrected chi connectivity index (χ3v) is 6.99. The van der Waals surface area contributed by atoms with Crippen molar-refractivity contribution in [2.24, 2.45) is 5.41 Å². The molecule has 2 aliphatic rings. The lowest BCUT2D eigenvalue weighted by Crippen LogP contribution is -2.36. The summed E-state index contributed by atoms with van der Waals surface area (Å²) < 4.78 is 18.0. The Labute approximate surface area is 187 Å². The number of likely N-dealkylation sites (tertiary alicyclic amines) is 1. The quantitative estimate of drug-likeness (QED) is 0.524. The molecule has 1 aliphatic carbocycles. The largest absolute Gasteiger partial charge is 0.464 e. The third-order valence-electron chi connectivity index (χ3n) is 5.97. The van der Waals surface area contributed by atoms with Gasteiger partial charge in [0.15, 0.2) is 10.8 Å². The van der Waals surface area contributed by atoms with Gasteiger partial charge in [0, 0.05) is 19.4 Å². The summed E-state index contributed by atoms with van der Waals surface area (Å²) in [6.07, 6.45) is 3.48. The number of rotatable bonds is 6. The first-order chi connectivity index (χ1) is 15.3. The van der Waals surface area contributed by atoms with E-state index < -0.39 is 23.1 Å². The molecule has 2 heterocycles. The van der Waals surface area contributed by atoms with Crippen LogP contribution in [0.2, 0.25) is 0 Å². The molecule has 1 aliphatic heterocycles. The van der Waals surface area contributed by atoms with Gasteiger partial charge in [0.05, 0.1) is 17.4 Å². The zero-order chi connectivity index (χ0) is 22.9. The Morgan fingerprint density at radius 3 is 2.56 bits per heavy atom. The van der Waals surface area contributed by atoms with Crippen molar-refractivity contribution in [3.05, 3.63) is 35.8 Å². The zero-order valence-electron chi connectivity index (χ0n) is 17.5. The van der Waals surface area contributed by atoms with Crippen molar-refractivity contribution < 1.29 is 28.3 Å². The highest BCUT2D eigenvalue weighted by molar-refractivity contribution is 7.19. The van der Waals surface area contributed by atoms with E-state index in [1.807, 2.05) is 0 Å². The average molecular weight is 459 g/mol. The average Bonchev–Trinajstić information content (AvgIpc) is 3.46. The minimum atomic E-state index is -0.684. The summed E-state index contributed by atoms with van der Waals surface area (Å²) in [5, 5.41) is 2.78. The van der Waals surface area contributed by atoms with Crippen molar-refractivity contribution in [3.8, 4) is 10.4 Å². The zero-order valence-corrected chi connectivity index (χ0v) is 18.3. The van der Waals surface area contributed by atoms with Crippen molar-refractivity contribution in [3.63, 3.8) is 0 Å². The summed E-state index contributed by atoms with van der Waals surface area (Å²) >= 11 is 1.05. The molecule has 1 N–H and O–H groups in total. The van der Waals surface area contributed by atoms with E-state index in [4.69, 9.17) is 4.74 Å². The van der Waals surface area contributed by atoms with E-state index in [1.54, 1.807) is 0 Å². The van der Waals surface area contributed by atoms with Gasteiger partial charge < -0.3 is 10.1 Å². The summed E-state index contributed by atoms with van der Waals surface area (Å²) in [7, 11) is 1.22. The standard InChI is InChI=1S/C22H22FN3O5S/c1-31-19(29)17-18(13-4-6-14(23)7-5-13)32-21(25-17)24-15(27)8-11-26-16(28)12-22(20(26)30)9-2-3-10-22/h4-7H,2-3,8-12H2,1H3,(H,24,25,27). The Bertz CT molecular complexity index is 1080. The number of benzene rings is 1. The highest BCUT2D eigenvalue weighted by Gasteiger charge is 2.52. The van der Waals surface area contributed by atoms with E-state index in [-0.39, 0.29) is 42.0 Å². The maximum atomic E-state index is 13.3. The van der Waals surface area contributed by atoms with Crippen LogP contribution >= 0.6 is 11.3 Å². The van der Waals surface area contributed by atoms with Gasteiger partial charge in [-0.1, -0.05) is 36.3 Å². The summed E-state index contributed by atoms with van der Waals surface area (Å²) in [6.45, 7) is 0.00526. The molecule has 32 heavy (non-hydrogen) atoms. The highest BCUT2D eigenvalue weighted by atomic mass is 32.1. The normalized spacial score (nSPS) is 17.2. The molecule has 1 saturated carbocycles. The number of hydrogen-bond acceptors (Lipinski definition) is 7. The van der Waals surface area contributed by atoms with Crippen molar-refractivity contribution in [1.82, 2.24) is 9.88 Å². The number of ether oxygens (including phenoxy) is 1. The molecule has 10 heteroatoms. The second-order valence-electron chi connectivity index (χ2n) is 8.01. The number of imide groups is 1. The fourth-order valence-corrected chi connectivity index (χ4v) is 5.30. The minimum absolute atomic E-state index is 0.00526. The molecule has 0 radical (unpaired) electrons. The van der Waals surface area contributed by atoms with Gasteiger partial charge in [-0.05, 0) is 30.5 Å². The number of nitrogens with one attached hydrogen (secondary N) is 1. The molecule has 1 saturated heterocycles. The van der Waals surface area contributed by atoms with Crippen LogP contribution in [-0.2, 0) is 19.1 Å². The number of carbonyl (C=O) groups is 4. The van der Waals surface area contributed by atoms with Crippen LogP contribution in [0.4, 0.5) is 9.52 Å². The Morgan fingerprint density at radius 2 is 1.91 bits per heavy atom. The fourth-order valence-electron chi connectivity index (χ4n) is 4.33. The van der Waals surface area contributed by atoms with Crippen LogP contribution in [-0.4, -0.2) is 47.2 Å². The monoisotopic (exact) mass is 459 g/mol. The number of methoxy groups -OCH3 is 1. The lowest BCUT2D eigenvalue weighted by molar-refractivity contribution is -0.141. The number of hydrogen-bond donors (Lipinski definition) is 1. The first kappa shape index (κ1) is 22.1. The molecule has 0 bridgehead atoms. The molecule has 0 atom stereocenters. The maximum Gasteiger partial charge on any atom is 0.358 e. The van der Waals surface area contributed by atoms with Gasteiger partial charge in [-0.15, -0.1) is 0 Å².